The van der Waals surface area contributed by atoms with Gasteiger partial charge in [-0.05, 0) is 24.6 Å². The van der Waals surface area contributed by atoms with Gasteiger partial charge in [0.15, 0.2) is 17.5 Å². The number of amides is 2. The molecule has 304 valence electrons. The number of para-hydroxylation sites is 1. The Morgan fingerprint density at radius 1 is 1.07 bits per heavy atom. The number of nitro groups is 1. The number of aryl methyl sites for hydroxylation is 1. The molecule has 0 saturated heterocycles. The van der Waals surface area contributed by atoms with E-state index in [-0.39, 0.29) is 52.4 Å². The maximum Gasteiger partial charge on any atom is 0.341 e. The number of hydrogen-bond acceptors (Lipinski definition) is 16. The van der Waals surface area contributed by atoms with Gasteiger partial charge < -0.3 is 40.8 Å². The molecule has 4 aromatic rings. The van der Waals surface area contributed by atoms with Crippen molar-refractivity contribution < 1.29 is 61.6 Å². The third-order valence-corrected chi connectivity index (χ3v) is 9.61. The minimum absolute atomic E-state index is 0.0352. The van der Waals surface area contributed by atoms with Crippen LogP contribution in [-0.4, -0.2) is 99.3 Å². The highest BCUT2D eigenvalue weighted by Gasteiger charge is 2.32. The molecule has 0 saturated carbocycles. The molecule has 0 aliphatic heterocycles. The van der Waals surface area contributed by atoms with Crippen LogP contribution in [0.1, 0.15) is 16.8 Å². The van der Waals surface area contributed by atoms with Crippen molar-refractivity contribution in [3.05, 3.63) is 74.4 Å². The highest BCUT2D eigenvalue weighted by molar-refractivity contribution is 7.90. The van der Waals surface area contributed by atoms with E-state index >= 15 is 0 Å². The highest BCUT2D eigenvalue weighted by Crippen LogP contribution is 2.39. The first-order valence-corrected chi connectivity index (χ1v) is 19.5. The van der Waals surface area contributed by atoms with E-state index in [9.17, 15) is 37.5 Å². The molecule has 2 heterocycles. The average Bonchev–Trinajstić information content (AvgIpc) is 3.43. The van der Waals surface area contributed by atoms with E-state index in [2.05, 4.69) is 20.4 Å². The Hall–Kier alpha value is -5.78. The molecule has 2 amide bonds. The normalized spacial score (nSPS) is 12.2. The number of carboxylic acids is 2. The Morgan fingerprint density at radius 2 is 1.64 bits per heavy atom. The van der Waals surface area contributed by atoms with Crippen LogP contribution < -0.4 is 35.7 Å². The summed E-state index contributed by atoms with van der Waals surface area (Å²) in [6.45, 7) is 1.18. The zero-order valence-electron chi connectivity index (χ0n) is 29.4. The highest BCUT2D eigenvalue weighted by atomic mass is 35.5. The first kappa shape index (κ1) is 46.4. The molecule has 2 unspecified atom stereocenters. The van der Waals surface area contributed by atoms with E-state index in [0.717, 1.165) is 7.05 Å². The molecule has 0 bridgehead atoms. The molecule has 2 aromatic heterocycles. The summed E-state index contributed by atoms with van der Waals surface area (Å²) >= 11 is 11.6. The Balaban J connectivity index is 0.000000321. The van der Waals surface area contributed by atoms with Crippen LogP contribution in [0.2, 0.25) is 10.2 Å². The maximum atomic E-state index is 12.4. The summed E-state index contributed by atoms with van der Waals surface area (Å²) in [7, 11) is -3.96. The number of halogens is 2. The lowest BCUT2D eigenvalue weighted by Gasteiger charge is -2.10. The number of aliphatic carboxylic acids is 1. The van der Waals surface area contributed by atoms with Gasteiger partial charge in [-0.3, -0.25) is 29.5 Å². The second-order valence-corrected chi connectivity index (χ2v) is 15.6. The summed E-state index contributed by atoms with van der Waals surface area (Å²) in [5.41, 5.74) is 9.56. The summed E-state index contributed by atoms with van der Waals surface area (Å²) in [5.74, 6) is -2.13. The second-order valence-electron chi connectivity index (χ2n) is 10.7. The Morgan fingerprint density at radius 3 is 2.12 bits per heavy atom. The third-order valence-electron chi connectivity index (χ3n) is 6.43. The fraction of sp³-hybridized carbons (Fsp3) is 0.241. The maximum absolute atomic E-state index is 12.4. The van der Waals surface area contributed by atoms with Gasteiger partial charge in [0.2, 0.25) is 17.7 Å². The number of sulfonamides is 1. The minimum atomic E-state index is -4.64. The molecule has 27 heteroatoms. The van der Waals surface area contributed by atoms with Crippen LogP contribution in [-0.2, 0) is 26.4 Å². The molecule has 2 aromatic carbocycles. The van der Waals surface area contributed by atoms with Gasteiger partial charge in [0.25, 0.3) is 15.7 Å². The molecular formula is C29H34Cl2N9O14PS. The molecule has 56 heavy (non-hydrogen) atoms. The number of methoxy groups -OCH3 is 2. The van der Waals surface area contributed by atoms with Gasteiger partial charge in [0.1, 0.15) is 33.8 Å². The van der Waals surface area contributed by atoms with Crippen LogP contribution in [0.15, 0.2) is 53.6 Å². The number of nitrogens with two attached hydrogens (primary N) is 2. The van der Waals surface area contributed by atoms with Crippen LogP contribution in [0.4, 0.5) is 22.1 Å². The number of nitrogens with one attached hydrogen (secondary N) is 2. The number of aromatic carboxylic acids is 1. The molecule has 0 fully saturated rings. The topological polar surface area (TPSA) is 354 Å². The zero-order valence-corrected chi connectivity index (χ0v) is 32.7. The van der Waals surface area contributed by atoms with E-state index in [0.29, 0.717) is 10.4 Å². The quantitative estimate of drug-likeness (QED) is 0.0438. The van der Waals surface area contributed by atoms with Crippen LogP contribution >= 0.6 is 30.6 Å². The summed E-state index contributed by atoms with van der Waals surface area (Å²) in [6.07, 6.45) is 0.0000772. The SMILES string of the molecule is COc1cc(OC)nc(NC(=O)NS(=O)(=O)c2c(C(=O)O)c(Cl)nn2C)n1.CP(=O)(O)CCC(N)C(=O)O.Nc1c([N+](=O)[O-])ccc(Oc2ccccc2)c1Cl. The Kier molecular flexibility index (Phi) is 16.8. The predicted octanol–water partition coefficient (Wildman–Crippen LogP) is 3.40. The van der Waals surface area contributed by atoms with Crippen LogP contribution in [0.25, 0.3) is 0 Å². The van der Waals surface area contributed by atoms with Gasteiger partial charge in [0, 0.05) is 25.9 Å². The zero-order chi connectivity index (χ0) is 42.5. The summed E-state index contributed by atoms with van der Waals surface area (Å²) in [6, 6.07) is 10.7. The fourth-order valence-corrected chi connectivity index (χ4v) is 6.38. The lowest BCUT2D eigenvalue weighted by atomic mass is 10.2. The van der Waals surface area contributed by atoms with Crippen LogP contribution in [0.5, 0.6) is 23.3 Å². The molecular weight excluding hydrogens is 832 g/mol. The first-order valence-electron chi connectivity index (χ1n) is 15.0. The molecule has 0 radical (unpaired) electrons. The van der Waals surface area contributed by atoms with Crippen molar-refractivity contribution in [3.8, 4) is 23.3 Å². The number of rotatable bonds is 13. The second kappa shape index (κ2) is 20.2. The Bertz CT molecular complexity index is 2200. The number of ether oxygens (including phenoxy) is 3. The number of urea groups is 1. The summed E-state index contributed by atoms with van der Waals surface area (Å²) < 4.78 is 53.1. The Labute approximate surface area is 327 Å². The van der Waals surface area contributed by atoms with Gasteiger partial charge >= 0.3 is 18.0 Å². The molecule has 4 rings (SSSR count). The van der Waals surface area contributed by atoms with Crippen molar-refractivity contribution in [1.29, 1.82) is 0 Å². The number of aromatic nitrogens is 4. The minimum Gasteiger partial charge on any atom is -0.481 e. The molecule has 23 nitrogen and oxygen atoms in total. The van der Waals surface area contributed by atoms with Crippen molar-refractivity contribution in [2.75, 3.05) is 38.1 Å². The number of benzene rings is 2. The van der Waals surface area contributed by atoms with Gasteiger partial charge in [0.05, 0.1) is 25.2 Å². The van der Waals surface area contributed by atoms with Crippen molar-refractivity contribution in [2.24, 2.45) is 12.8 Å². The lowest BCUT2D eigenvalue weighted by molar-refractivity contribution is -0.383. The molecule has 0 aliphatic carbocycles. The van der Waals surface area contributed by atoms with Gasteiger partial charge in [-0.15, -0.1) is 0 Å². The fourth-order valence-electron chi connectivity index (χ4n) is 3.85. The number of carbonyl (C=O) groups excluding carboxylic acids is 1. The monoisotopic (exact) mass is 865 g/mol. The van der Waals surface area contributed by atoms with Crippen LogP contribution in [0, 0.1) is 10.1 Å². The number of nitro benzene ring substituents is 1. The van der Waals surface area contributed by atoms with E-state index < -0.39 is 62.1 Å². The number of hydrogen-bond donors (Lipinski definition) is 7. The van der Waals surface area contributed by atoms with Gasteiger partial charge in [-0.2, -0.15) is 23.5 Å². The number of carboxylic acid groups (broad SMARTS) is 2. The average molecular weight is 867 g/mol. The number of anilines is 2. The number of nitrogen functional groups attached to an aromatic ring is 1. The molecule has 2 atom stereocenters. The van der Waals surface area contributed by atoms with E-state index in [1.807, 2.05) is 6.07 Å². The molecule has 9 N–H and O–H groups in total. The predicted molar refractivity (Wildman–Crippen MR) is 200 cm³/mol. The van der Waals surface area contributed by atoms with Crippen molar-refractivity contribution in [3.63, 3.8) is 0 Å². The van der Waals surface area contributed by atoms with E-state index in [1.54, 1.807) is 29.0 Å². The summed E-state index contributed by atoms with van der Waals surface area (Å²) in [4.78, 5) is 59.8. The van der Waals surface area contributed by atoms with Gasteiger partial charge in [-0.25, -0.2) is 14.3 Å². The van der Waals surface area contributed by atoms with E-state index in [1.165, 1.54) is 39.1 Å². The van der Waals surface area contributed by atoms with Crippen LogP contribution in [0.3, 0.4) is 0 Å². The number of nitrogens with zero attached hydrogens (tertiary/aromatic N) is 5. The molecule has 0 spiro atoms. The first-order chi connectivity index (χ1) is 26.0. The van der Waals surface area contributed by atoms with Crippen molar-refractivity contribution >= 4 is 75.9 Å². The largest absolute Gasteiger partial charge is 0.481 e. The van der Waals surface area contributed by atoms with Gasteiger partial charge in [-0.1, -0.05) is 41.4 Å². The standard InChI is InChI=1S/C12H13ClN6O7S.C12H9ClN2O3.C5H12NO4P/c1-19-9(7(10(20)21)8(13)17-19)27(23,24)18-12(22)16-11-14-5(25-2)4-6(15-11)26-3;13-11-10(18-8-4-2-1-3-5-8)7-6-9(12(11)14)15(16)17;1-11(9,10)3-2-4(6)5(7)8/h4H,1-3H3,(H,20,21)(H2,14,15,16,18,22);1-7H,14H2;4H,2-3,6H2,1H3,(H,7,8)(H,9,10). The number of carbonyl (C=O) groups is 3. The third kappa shape index (κ3) is 13.8. The van der Waals surface area contributed by atoms with Crippen molar-refractivity contribution in [1.82, 2.24) is 24.5 Å². The van der Waals surface area contributed by atoms with Crippen molar-refractivity contribution in [2.45, 2.75) is 17.5 Å². The van der Waals surface area contributed by atoms with E-state index in [4.69, 9.17) is 64.0 Å². The lowest BCUT2D eigenvalue weighted by Crippen LogP contribution is -2.36. The summed E-state index contributed by atoms with van der Waals surface area (Å²) in [5, 5.41) is 32.4. The smallest absolute Gasteiger partial charge is 0.341 e. The molecule has 0 aliphatic rings.